The van der Waals surface area contributed by atoms with Gasteiger partial charge in [-0.3, -0.25) is 14.5 Å². The molecule has 2 aromatic carbocycles. The summed E-state index contributed by atoms with van der Waals surface area (Å²) in [6.45, 7) is 1.44. The van der Waals surface area contributed by atoms with E-state index in [-0.39, 0.29) is 18.4 Å². The van der Waals surface area contributed by atoms with Crippen molar-refractivity contribution in [1.29, 1.82) is 0 Å². The van der Waals surface area contributed by atoms with Crippen LogP contribution in [0.2, 0.25) is 0 Å². The normalized spacial score (nSPS) is 18.7. The topological polar surface area (TPSA) is 69.6 Å². The molecule has 1 fully saturated rings. The number of fused-ring (bicyclic) bond motifs is 1. The number of likely N-dealkylation sites (tertiary alicyclic amines) is 1. The molecule has 0 spiro atoms. The number of amides is 1. The number of carboxylic acid groups (broad SMARTS) is 1. The summed E-state index contributed by atoms with van der Waals surface area (Å²) in [4.78, 5) is 25.3. The molecule has 3 rings (SSSR count). The molecular weight excluding hydrogens is 292 g/mol. The SMILES string of the molecule is O=C(CN1CCCC(C(=O)O)C1)Nc1cccc2ccccc12. The number of carbonyl (C=O) groups excluding carboxylic acids is 1. The largest absolute Gasteiger partial charge is 0.481 e. The van der Waals surface area contributed by atoms with E-state index in [0.717, 1.165) is 29.4 Å². The molecule has 1 heterocycles. The lowest BCUT2D eigenvalue weighted by Gasteiger charge is -2.29. The number of carbonyl (C=O) groups is 2. The first-order chi connectivity index (χ1) is 11.1. The molecule has 5 nitrogen and oxygen atoms in total. The molecule has 0 saturated carbocycles. The van der Waals surface area contributed by atoms with Crippen LogP contribution >= 0.6 is 0 Å². The number of hydrogen-bond acceptors (Lipinski definition) is 3. The van der Waals surface area contributed by atoms with Gasteiger partial charge in [-0.25, -0.2) is 0 Å². The summed E-state index contributed by atoms with van der Waals surface area (Å²) >= 11 is 0. The molecular formula is C18H20N2O3. The van der Waals surface area contributed by atoms with Gasteiger partial charge in [-0.1, -0.05) is 36.4 Å². The molecule has 1 unspecified atom stereocenters. The fraction of sp³-hybridized carbons (Fsp3) is 0.333. The van der Waals surface area contributed by atoms with Crippen molar-refractivity contribution < 1.29 is 14.7 Å². The third-order valence-corrected chi connectivity index (χ3v) is 4.29. The van der Waals surface area contributed by atoms with Crippen LogP contribution in [0.3, 0.4) is 0 Å². The van der Waals surface area contributed by atoms with Crippen molar-refractivity contribution in [1.82, 2.24) is 4.90 Å². The molecule has 2 N–H and O–H groups in total. The van der Waals surface area contributed by atoms with E-state index in [9.17, 15) is 9.59 Å². The van der Waals surface area contributed by atoms with Crippen molar-refractivity contribution in [3.05, 3.63) is 42.5 Å². The summed E-state index contributed by atoms with van der Waals surface area (Å²) in [5.74, 6) is -1.24. The molecule has 23 heavy (non-hydrogen) atoms. The zero-order chi connectivity index (χ0) is 16.2. The molecule has 0 aliphatic carbocycles. The van der Waals surface area contributed by atoms with Crippen molar-refractivity contribution >= 4 is 28.3 Å². The van der Waals surface area contributed by atoms with Gasteiger partial charge in [-0.15, -0.1) is 0 Å². The second kappa shape index (κ2) is 6.79. The van der Waals surface area contributed by atoms with E-state index in [4.69, 9.17) is 5.11 Å². The van der Waals surface area contributed by atoms with Crippen LogP contribution in [0.4, 0.5) is 5.69 Å². The standard InChI is InChI=1S/C18H20N2O3/c21-17(12-20-10-4-7-14(11-20)18(22)23)19-16-9-3-6-13-5-1-2-8-15(13)16/h1-3,5-6,8-9,14H,4,7,10-12H2,(H,19,21)(H,22,23). The molecule has 120 valence electrons. The third-order valence-electron chi connectivity index (χ3n) is 4.29. The number of nitrogens with one attached hydrogen (secondary N) is 1. The molecule has 0 bridgehead atoms. The molecule has 1 saturated heterocycles. The van der Waals surface area contributed by atoms with E-state index in [1.807, 2.05) is 47.4 Å². The van der Waals surface area contributed by atoms with Gasteiger partial charge in [0.2, 0.25) is 5.91 Å². The summed E-state index contributed by atoms with van der Waals surface area (Å²) in [7, 11) is 0. The third kappa shape index (κ3) is 3.68. The fourth-order valence-corrected chi connectivity index (χ4v) is 3.13. The molecule has 0 radical (unpaired) electrons. The smallest absolute Gasteiger partial charge is 0.307 e. The highest BCUT2D eigenvalue weighted by Gasteiger charge is 2.26. The van der Waals surface area contributed by atoms with Gasteiger partial charge < -0.3 is 10.4 Å². The number of carboxylic acids is 1. The average Bonchev–Trinajstić information content (AvgIpc) is 2.55. The number of rotatable bonds is 4. The lowest BCUT2D eigenvalue weighted by Crippen LogP contribution is -2.42. The Morgan fingerprint density at radius 1 is 1.17 bits per heavy atom. The summed E-state index contributed by atoms with van der Waals surface area (Å²) in [5.41, 5.74) is 0.792. The Hall–Kier alpha value is -2.40. The van der Waals surface area contributed by atoms with E-state index in [0.29, 0.717) is 13.0 Å². The number of aliphatic carboxylic acids is 1. The highest BCUT2D eigenvalue weighted by Crippen LogP contribution is 2.23. The first-order valence-corrected chi connectivity index (χ1v) is 7.86. The lowest BCUT2D eigenvalue weighted by molar-refractivity contribution is -0.144. The first-order valence-electron chi connectivity index (χ1n) is 7.86. The predicted octanol–water partition coefficient (Wildman–Crippen LogP) is 2.57. The van der Waals surface area contributed by atoms with Gasteiger partial charge in [0.25, 0.3) is 0 Å². The Kier molecular flexibility index (Phi) is 4.57. The van der Waals surface area contributed by atoms with Gasteiger partial charge in [0.05, 0.1) is 12.5 Å². The van der Waals surface area contributed by atoms with Crippen molar-refractivity contribution in [3.63, 3.8) is 0 Å². The molecule has 5 heteroatoms. The number of anilines is 1. The van der Waals surface area contributed by atoms with Crippen molar-refractivity contribution in [2.75, 3.05) is 25.0 Å². The Balaban J connectivity index is 1.66. The molecule has 0 aromatic heterocycles. The van der Waals surface area contributed by atoms with Gasteiger partial charge in [0.15, 0.2) is 0 Å². The lowest BCUT2D eigenvalue weighted by atomic mass is 9.98. The van der Waals surface area contributed by atoms with Crippen LogP contribution in [-0.2, 0) is 9.59 Å². The van der Waals surface area contributed by atoms with Crippen molar-refractivity contribution in [3.8, 4) is 0 Å². The zero-order valence-corrected chi connectivity index (χ0v) is 12.9. The van der Waals surface area contributed by atoms with Crippen LogP contribution in [0.5, 0.6) is 0 Å². The Morgan fingerprint density at radius 2 is 1.96 bits per heavy atom. The molecule has 2 aromatic rings. The molecule has 1 atom stereocenters. The summed E-state index contributed by atoms with van der Waals surface area (Å²) in [6, 6.07) is 13.7. The maximum Gasteiger partial charge on any atom is 0.307 e. The van der Waals surface area contributed by atoms with Gasteiger partial charge in [0, 0.05) is 17.6 Å². The van der Waals surface area contributed by atoms with Gasteiger partial charge in [0.1, 0.15) is 0 Å². The van der Waals surface area contributed by atoms with E-state index in [1.54, 1.807) is 0 Å². The van der Waals surface area contributed by atoms with Crippen molar-refractivity contribution in [2.24, 2.45) is 5.92 Å². The quantitative estimate of drug-likeness (QED) is 0.910. The fourth-order valence-electron chi connectivity index (χ4n) is 3.13. The van der Waals surface area contributed by atoms with E-state index in [1.165, 1.54) is 0 Å². The van der Waals surface area contributed by atoms with Crippen LogP contribution in [0.15, 0.2) is 42.5 Å². The van der Waals surface area contributed by atoms with Crippen LogP contribution in [-0.4, -0.2) is 41.5 Å². The maximum absolute atomic E-state index is 12.3. The minimum absolute atomic E-state index is 0.104. The highest BCUT2D eigenvalue weighted by molar-refractivity contribution is 6.02. The van der Waals surface area contributed by atoms with Crippen molar-refractivity contribution in [2.45, 2.75) is 12.8 Å². The highest BCUT2D eigenvalue weighted by atomic mass is 16.4. The van der Waals surface area contributed by atoms with Crippen LogP contribution < -0.4 is 5.32 Å². The minimum Gasteiger partial charge on any atom is -0.481 e. The average molecular weight is 312 g/mol. The predicted molar refractivity (Wildman–Crippen MR) is 89.4 cm³/mol. The van der Waals surface area contributed by atoms with Gasteiger partial charge >= 0.3 is 5.97 Å². The Labute approximate surface area is 134 Å². The van der Waals surface area contributed by atoms with E-state index >= 15 is 0 Å². The van der Waals surface area contributed by atoms with Gasteiger partial charge in [-0.2, -0.15) is 0 Å². The summed E-state index contributed by atoms with van der Waals surface area (Å²) in [6.07, 6.45) is 1.51. The number of benzene rings is 2. The van der Waals surface area contributed by atoms with Crippen LogP contribution in [0.25, 0.3) is 10.8 Å². The Bertz CT molecular complexity index is 724. The first kappa shape index (κ1) is 15.5. The number of nitrogens with zero attached hydrogens (tertiary/aromatic N) is 1. The molecule has 1 amide bonds. The molecule has 1 aliphatic rings. The van der Waals surface area contributed by atoms with E-state index in [2.05, 4.69) is 5.32 Å². The van der Waals surface area contributed by atoms with Gasteiger partial charge in [-0.05, 0) is 30.8 Å². The zero-order valence-electron chi connectivity index (χ0n) is 12.9. The minimum atomic E-state index is -0.774. The number of hydrogen-bond donors (Lipinski definition) is 2. The van der Waals surface area contributed by atoms with Crippen LogP contribution in [0, 0.1) is 5.92 Å². The molecule has 1 aliphatic heterocycles. The van der Waals surface area contributed by atoms with Crippen LogP contribution in [0.1, 0.15) is 12.8 Å². The monoisotopic (exact) mass is 312 g/mol. The Morgan fingerprint density at radius 3 is 2.78 bits per heavy atom. The van der Waals surface area contributed by atoms with E-state index < -0.39 is 5.97 Å². The second-order valence-electron chi connectivity index (χ2n) is 5.99. The summed E-state index contributed by atoms with van der Waals surface area (Å²) in [5, 5.41) is 14.1. The number of piperidine rings is 1. The second-order valence-corrected chi connectivity index (χ2v) is 5.99. The maximum atomic E-state index is 12.3. The summed E-state index contributed by atoms with van der Waals surface area (Å²) < 4.78 is 0.